The fourth-order valence-electron chi connectivity index (χ4n) is 3.07. The molecule has 1 aliphatic heterocycles. The molecule has 2 fully saturated rings. The van der Waals surface area contributed by atoms with Crippen LogP contribution in [-0.2, 0) is 9.59 Å². The molecule has 1 saturated heterocycles. The number of hydrogen-bond acceptors (Lipinski definition) is 2. The maximum atomic E-state index is 12.3. The number of piperidine rings is 1. The molecule has 0 aromatic carbocycles. The zero-order valence-electron chi connectivity index (χ0n) is 11.1. The van der Waals surface area contributed by atoms with Gasteiger partial charge in [0, 0.05) is 19.0 Å². The van der Waals surface area contributed by atoms with E-state index in [2.05, 4.69) is 6.92 Å². The van der Waals surface area contributed by atoms with E-state index in [1.165, 1.54) is 0 Å². The van der Waals surface area contributed by atoms with E-state index in [0.717, 1.165) is 44.7 Å². The van der Waals surface area contributed by atoms with Crippen LogP contribution in [0.15, 0.2) is 0 Å². The highest BCUT2D eigenvalue weighted by molar-refractivity contribution is 5.79. The zero-order valence-corrected chi connectivity index (χ0v) is 11.1. The van der Waals surface area contributed by atoms with E-state index >= 15 is 0 Å². The fraction of sp³-hybridized carbons (Fsp3) is 0.857. The van der Waals surface area contributed by atoms with Crippen LogP contribution in [0.4, 0.5) is 0 Å². The van der Waals surface area contributed by atoms with Gasteiger partial charge in [0.05, 0.1) is 5.92 Å². The van der Waals surface area contributed by atoms with E-state index in [9.17, 15) is 9.59 Å². The quantitative estimate of drug-likeness (QED) is 0.820. The largest absolute Gasteiger partial charge is 0.481 e. The lowest BCUT2D eigenvalue weighted by Gasteiger charge is -2.35. The van der Waals surface area contributed by atoms with Gasteiger partial charge in [0.2, 0.25) is 5.91 Å². The first-order valence-electron chi connectivity index (χ1n) is 7.09. The first-order valence-corrected chi connectivity index (χ1v) is 7.09. The second-order valence-corrected chi connectivity index (χ2v) is 5.89. The predicted octanol–water partition coefficient (Wildman–Crippen LogP) is 2.14. The Morgan fingerprint density at radius 3 is 1.94 bits per heavy atom. The molecule has 1 aliphatic carbocycles. The van der Waals surface area contributed by atoms with Crippen LogP contribution in [0, 0.1) is 17.8 Å². The number of rotatable bonds is 2. The van der Waals surface area contributed by atoms with Gasteiger partial charge in [-0.05, 0) is 44.4 Å². The molecule has 1 N–H and O–H groups in total. The Morgan fingerprint density at radius 1 is 0.944 bits per heavy atom. The van der Waals surface area contributed by atoms with Crippen LogP contribution in [0.2, 0.25) is 0 Å². The normalized spacial score (nSPS) is 30.2. The SMILES string of the molecule is CC1CCN(C(=O)C2CCC(C(=O)O)CC2)CC1. The van der Waals surface area contributed by atoms with Gasteiger partial charge < -0.3 is 10.0 Å². The Morgan fingerprint density at radius 2 is 1.44 bits per heavy atom. The Hall–Kier alpha value is -1.06. The molecule has 18 heavy (non-hydrogen) atoms. The predicted molar refractivity (Wildman–Crippen MR) is 68.1 cm³/mol. The number of carbonyl (C=O) groups excluding carboxylic acids is 1. The van der Waals surface area contributed by atoms with Gasteiger partial charge in [-0.15, -0.1) is 0 Å². The molecule has 1 heterocycles. The Kier molecular flexibility index (Phi) is 4.25. The van der Waals surface area contributed by atoms with Gasteiger partial charge in [0.1, 0.15) is 0 Å². The second kappa shape index (κ2) is 5.72. The van der Waals surface area contributed by atoms with Crippen LogP contribution in [0.1, 0.15) is 45.4 Å². The molecule has 4 nitrogen and oxygen atoms in total. The van der Waals surface area contributed by atoms with Crippen molar-refractivity contribution in [3.05, 3.63) is 0 Å². The molecule has 102 valence electrons. The van der Waals surface area contributed by atoms with Crippen LogP contribution < -0.4 is 0 Å². The standard InChI is InChI=1S/C14H23NO3/c1-10-6-8-15(9-7-10)13(16)11-2-4-12(5-3-11)14(17)18/h10-12H,2-9H2,1H3,(H,17,18). The summed E-state index contributed by atoms with van der Waals surface area (Å²) in [6.07, 6.45) is 5.04. The molecule has 0 bridgehead atoms. The van der Waals surface area contributed by atoms with Crippen LogP contribution >= 0.6 is 0 Å². The minimum atomic E-state index is -0.701. The first kappa shape index (κ1) is 13.4. The highest BCUT2D eigenvalue weighted by atomic mass is 16.4. The minimum Gasteiger partial charge on any atom is -0.481 e. The van der Waals surface area contributed by atoms with Crippen LogP contribution in [0.3, 0.4) is 0 Å². The zero-order chi connectivity index (χ0) is 13.1. The lowest BCUT2D eigenvalue weighted by molar-refractivity contribution is -0.146. The summed E-state index contributed by atoms with van der Waals surface area (Å²) in [6.45, 7) is 4.01. The van der Waals surface area contributed by atoms with E-state index in [1.807, 2.05) is 4.90 Å². The summed E-state index contributed by atoms with van der Waals surface area (Å²) in [5, 5.41) is 8.95. The highest BCUT2D eigenvalue weighted by Crippen LogP contribution is 2.31. The van der Waals surface area contributed by atoms with Crippen molar-refractivity contribution in [2.75, 3.05) is 13.1 Å². The number of nitrogens with zero attached hydrogens (tertiary/aromatic N) is 1. The van der Waals surface area contributed by atoms with Gasteiger partial charge in [0.25, 0.3) is 0 Å². The third-order valence-corrected chi connectivity index (χ3v) is 4.52. The van der Waals surface area contributed by atoms with E-state index in [1.54, 1.807) is 0 Å². The molecule has 0 aromatic rings. The van der Waals surface area contributed by atoms with E-state index in [4.69, 9.17) is 5.11 Å². The maximum absolute atomic E-state index is 12.3. The summed E-state index contributed by atoms with van der Waals surface area (Å²) in [7, 11) is 0. The average molecular weight is 253 g/mol. The lowest BCUT2D eigenvalue weighted by Crippen LogP contribution is -2.42. The minimum absolute atomic E-state index is 0.0778. The number of likely N-dealkylation sites (tertiary alicyclic amines) is 1. The summed E-state index contributed by atoms with van der Waals surface area (Å²) >= 11 is 0. The van der Waals surface area contributed by atoms with Gasteiger partial charge in [-0.3, -0.25) is 9.59 Å². The van der Waals surface area contributed by atoms with E-state index < -0.39 is 5.97 Å². The summed E-state index contributed by atoms with van der Waals surface area (Å²) in [5.41, 5.74) is 0. The average Bonchev–Trinajstić information content (AvgIpc) is 2.39. The molecule has 1 amide bonds. The molecular weight excluding hydrogens is 230 g/mol. The van der Waals surface area contributed by atoms with Crippen molar-refractivity contribution in [2.24, 2.45) is 17.8 Å². The summed E-state index contributed by atoms with van der Waals surface area (Å²) in [4.78, 5) is 25.2. The van der Waals surface area contributed by atoms with Gasteiger partial charge in [-0.25, -0.2) is 0 Å². The number of carboxylic acids is 1. The number of carboxylic acid groups (broad SMARTS) is 1. The molecule has 0 spiro atoms. The van der Waals surface area contributed by atoms with Crippen molar-refractivity contribution in [1.29, 1.82) is 0 Å². The van der Waals surface area contributed by atoms with Crippen molar-refractivity contribution in [3.8, 4) is 0 Å². The molecule has 0 atom stereocenters. The summed E-state index contributed by atoms with van der Waals surface area (Å²) in [6, 6.07) is 0. The number of aliphatic carboxylic acids is 1. The first-order chi connectivity index (χ1) is 8.58. The monoisotopic (exact) mass is 253 g/mol. The third-order valence-electron chi connectivity index (χ3n) is 4.52. The molecule has 0 radical (unpaired) electrons. The van der Waals surface area contributed by atoms with Gasteiger partial charge in [-0.1, -0.05) is 6.92 Å². The molecule has 4 heteroatoms. The van der Waals surface area contributed by atoms with Gasteiger partial charge >= 0.3 is 5.97 Å². The summed E-state index contributed by atoms with van der Waals surface area (Å²) < 4.78 is 0. The molecular formula is C14H23NO3. The van der Waals surface area contributed by atoms with Gasteiger partial charge in [0.15, 0.2) is 0 Å². The highest BCUT2D eigenvalue weighted by Gasteiger charge is 2.32. The third kappa shape index (κ3) is 3.03. The Bertz CT molecular complexity index is 313. The maximum Gasteiger partial charge on any atom is 0.306 e. The Labute approximate surface area is 108 Å². The van der Waals surface area contributed by atoms with Crippen molar-refractivity contribution in [2.45, 2.75) is 45.4 Å². The number of hydrogen-bond donors (Lipinski definition) is 1. The van der Waals surface area contributed by atoms with Crippen LogP contribution in [0.5, 0.6) is 0 Å². The number of amides is 1. The molecule has 1 saturated carbocycles. The Balaban J connectivity index is 1.82. The molecule has 2 rings (SSSR count). The summed E-state index contributed by atoms with van der Waals surface area (Å²) in [5.74, 6) is 0.152. The lowest BCUT2D eigenvalue weighted by atomic mass is 9.81. The van der Waals surface area contributed by atoms with E-state index in [0.29, 0.717) is 12.8 Å². The molecule has 0 unspecified atom stereocenters. The smallest absolute Gasteiger partial charge is 0.306 e. The fourth-order valence-corrected chi connectivity index (χ4v) is 3.07. The topological polar surface area (TPSA) is 57.6 Å². The van der Waals surface area contributed by atoms with Crippen molar-refractivity contribution in [3.63, 3.8) is 0 Å². The van der Waals surface area contributed by atoms with Gasteiger partial charge in [-0.2, -0.15) is 0 Å². The van der Waals surface area contributed by atoms with Crippen molar-refractivity contribution >= 4 is 11.9 Å². The van der Waals surface area contributed by atoms with Crippen LogP contribution in [0.25, 0.3) is 0 Å². The van der Waals surface area contributed by atoms with E-state index in [-0.39, 0.29) is 17.7 Å². The van der Waals surface area contributed by atoms with Crippen molar-refractivity contribution < 1.29 is 14.7 Å². The van der Waals surface area contributed by atoms with Crippen LogP contribution in [-0.4, -0.2) is 35.0 Å². The molecule has 2 aliphatic rings. The van der Waals surface area contributed by atoms with Crippen molar-refractivity contribution in [1.82, 2.24) is 4.90 Å². The number of carbonyl (C=O) groups is 2. The second-order valence-electron chi connectivity index (χ2n) is 5.89. The molecule has 0 aromatic heterocycles.